The summed E-state index contributed by atoms with van der Waals surface area (Å²) in [5.41, 5.74) is -0.292. The predicted molar refractivity (Wildman–Crippen MR) is 75.4 cm³/mol. The van der Waals surface area contributed by atoms with Crippen LogP contribution in [0.5, 0.6) is 0 Å². The maximum Gasteiger partial charge on any atom is 0.275 e. The molecule has 7 heteroatoms. The number of sulfone groups is 1. The van der Waals surface area contributed by atoms with E-state index < -0.39 is 20.5 Å². The van der Waals surface area contributed by atoms with Gasteiger partial charge in [0.1, 0.15) is 0 Å². The molecule has 0 spiro atoms. The van der Waals surface area contributed by atoms with Crippen LogP contribution in [0, 0.1) is 10.1 Å². The fraction of sp³-hybridized carbons (Fsp3) is 0.0769. The monoisotopic (exact) mass is 311 g/mol. The minimum absolute atomic E-state index is 0.00280. The van der Waals surface area contributed by atoms with E-state index in [1.807, 2.05) is 0 Å². The van der Waals surface area contributed by atoms with Gasteiger partial charge in [-0.15, -0.1) is 0 Å². The molecule has 20 heavy (non-hydrogen) atoms. The molecular formula is C13H10ClNO4S. The smallest absolute Gasteiger partial charge is 0.258 e. The minimum Gasteiger partial charge on any atom is -0.258 e. The molecule has 2 aromatic rings. The van der Waals surface area contributed by atoms with E-state index >= 15 is 0 Å². The van der Waals surface area contributed by atoms with Crippen molar-refractivity contribution in [2.45, 2.75) is 10.6 Å². The van der Waals surface area contributed by atoms with E-state index in [0.717, 1.165) is 0 Å². The van der Waals surface area contributed by atoms with Gasteiger partial charge in [-0.25, -0.2) is 8.42 Å². The third kappa shape index (κ3) is 2.97. The fourth-order valence-corrected chi connectivity index (χ4v) is 3.50. The van der Waals surface area contributed by atoms with Gasteiger partial charge >= 0.3 is 0 Å². The summed E-state index contributed by atoms with van der Waals surface area (Å²) >= 11 is 5.90. The highest BCUT2D eigenvalue weighted by Gasteiger charge is 2.24. The third-order valence-corrected chi connectivity index (χ3v) is 4.74. The zero-order chi connectivity index (χ0) is 14.8. The first-order valence-corrected chi connectivity index (χ1v) is 7.64. The first-order valence-electron chi connectivity index (χ1n) is 5.61. The van der Waals surface area contributed by atoms with Crippen LogP contribution in [0.25, 0.3) is 0 Å². The summed E-state index contributed by atoms with van der Waals surface area (Å²) in [6.45, 7) is 0. The number of rotatable bonds is 4. The van der Waals surface area contributed by atoms with Crippen molar-refractivity contribution in [2.24, 2.45) is 0 Å². The Hall–Kier alpha value is -1.92. The van der Waals surface area contributed by atoms with Crippen molar-refractivity contribution >= 4 is 27.1 Å². The molecule has 0 aliphatic heterocycles. The number of halogens is 1. The summed E-state index contributed by atoms with van der Waals surface area (Å²) in [4.78, 5) is 10.4. The molecule has 0 fully saturated rings. The summed E-state index contributed by atoms with van der Waals surface area (Å²) in [6, 6.07) is 11.8. The standard InChI is InChI=1S/C13H10ClNO4S/c14-12-7-4-8-13(15(16)17)11(12)9-20(18,19)10-5-2-1-3-6-10/h1-8H,9H2. The summed E-state index contributed by atoms with van der Waals surface area (Å²) in [5.74, 6) is -0.507. The second kappa shape index (κ2) is 5.60. The van der Waals surface area contributed by atoms with E-state index in [4.69, 9.17) is 11.6 Å². The largest absolute Gasteiger partial charge is 0.275 e. The first-order chi connectivity index (χ1) is 9.42. The summed E-state index contributed by atoms with van der Waals surface area (Å²) < 4.78 is 24.5. The van der Waals surface area contributed by atoms with Gasteiger partial charge in [-0.05, 0) is 18.2 Å². The van der Waals surface area contributed by atoms with Crippen LogP contribution in [0.2, 0.25) is 5.02 Å². The predicted octanol–water partition coefficient (Wildman–Crippen LogP) is 3.22. The van der Waals surface area contributed by atoms with Crippen LogP contribution < -0.4 is 0 Å². The molecule has 0 saturated carbocycles. The number of nitrogens with zero attached hydrogens (tertiary/aromatic N) is 1. The maximum atomic E-state index is 12.2. The minimum atomic E-state index is -3.68. The lowest BCUT2D eigenvalue weighted by atomic mass is 10.2. The highest BCUT2D eigenvalue weighted by molar-refractivity contribution is 7.90. The normalized spacial score (nSPS) is 11.2. The lowest BCUT2D eigenvalue weighted by molar-refractivity contribution is -0.385. The van der Waals surface area contributed by atoms with Gasteiger partial charge in [0.25, 0.3) is 5.69 Å². The molecular weight excluding hydrogens is 302 g/mol. The molecule has 0 N–H and O–H groups in total. The van der Waals surface area contributed by atoms with Crippen LogP contribution in [0.4, 0.5) is 5.69 Å². The summed E-state index contributed by atoms with van der Waals surface area (Å²) in [6.07, 6.45) is 0. The van der Waals surface area contributed by atoms with Crippen molar-refractivity contribution < 1.29 is 13.3 Å². The van der Waals surface area contributed by atoms with Crippen LogP contribution in [0.1, 0.15) is 5.56 Å². The maximum absolute atomic E-state index is 12.2. The second-order valence-corrected chi connectivity index (χ2v) is 6.46. The van der Waals surface area contributed by atoms with Gasteiger partial charge < -0.3 is 0 Å². The van der Waals surface area contributed by atoms with Crippen molar-refractivity contribution in [1.82, 2.24) is 0 Å². The molecule has 0 aliphatic carbocycles. The van der Waals surface area contributed by atoms with Crippen LogP contribution >= 0.6 is 11.6 Å². The van der Waals surface area contributed by atoms with Crippen molar-refractivity contribution in [1.29, 1.82) is 0 Å². The number of benzene rings is 2. The zero-order valence-corrected chi connectivity index (χ0v) is 11.8. The van der Waals surface area contributed by atoms with Gasteiger partial charge in [-0.1, -0.05) is 35.9 Å². The SMILES string of the molecule is O=[N+]([O-])c1cccc(Cl)c1CS(=O)(=O)c1ccccc1. The molecule has 0 aliphatic rings. The van der Waals surface area contributed by atoms with Crippen LogP contribution in [0.15, 0.2) is 53.4 Å². The average molecular weight is 312 g/mol. The second-order valence-electron chi connectivity index (χ2n) is 4.07. The van der Waals surface area contributed by atoms with Crippen molar-refractivity contribution in [3.05, 3.63) is 69.2 Å². The van der Waals surface area contributed by atoms with Gasteiger partial charge in [0.2, 0.25) is 0 Å². The lowest BCUT2D eigenvalue weighted by Gasteiger charge is -2.07. The molecule has 0 atom stereocenters. The van der Waals surface area contributed by atoms with Crippen LogP contribution in [0.3, 0.4) is 0 Å². The summed E-state index contributed by atoms with van der Waals surface area (Å²) in [7, 11) is -3.68. The number of nitro benzene ring substituents is 1. The van der Waals surface area contributed by atoms with Gasteiger partial charge in [0.05, 0.1) is 26.2 Å². The van der Waals surface area contributed by atoms with E-state index in [1.54, 1.807) is 18.2 Å². The Labute approximate surface area is 120 Å². The first kappa shape index (κ1) is 14.5. The van der Waals surface area contributed by atoms with E-state index in [1.165, 1.54) is 30.3 Å². The van der Waals surface area contributed by atoms with E-state index in [2.05, 4.69) is 0 Å². The van der Waals surface area contributed by atoms with E-state index in [0.29, 0.717) is 0 Å². The molecule has 0 bridgehead atoms. The number of hydrogen-bond donors (Lipinski definition) is 0. The van der Waals surface area contributed by atoms with Gasteiger partial charge in [0, 0.05) is 6.07 Å². The topological polar surface area (TPSA) is 77.3 Å². The molecule has 0 radical (unpaired) electrons. The molecule has 0 aromatic heterocycles. The number of hydrogen-bond acceptors (Lipinski definition) is 4. The summed E-state index contributed by atoms with van der Waals surface area (Å²) in [5, 5.41) is 11.0. The molecule has 0 heterocycles. The molecule has 2 rings (SSSR count). The Morgan fingerprint density at radius 3 is 2.30 bits per heavy atom. The fourth-order valence-electron chi connectivity index (χ4n) is 1.76. The Kier molecular flexibility index (Phi) is 4.06. The Morgan fingerprint density at radius 1 is 1.05 bits per heavy atom. The van der Waals surface area contributed by atoms with Crippen LogP contribution in [-0.4, -0.2) is 13.3 Å². The quantitative estimate of drug-likeness (QED) is 0.641. The molecule has 0 amide bonds. The van der Waals surface area contributed by atoms with Crippen molar-refractivity contribution in [3.8, 4) is 0 Å². The molecule has 104 valence electrons. The van der Waals surface area contributed by atoms with Gasteiger partial charge in [-0.3, -0.25) is 10.1 Å². The Balaban J connectivity index is 2.48. The van der Waals surface area contributed by atoms with Gasteiger partial charge in [-0.2, -0.15) is 0 Å². The highest BCUT2D eigenvalue weighted by atomic mass is 35.5. The highest BCUT2D eigenvalue weighted by Crippen LogP contribution is 2.29. The zero-order valence-electron chi connectivity index (χ0n) is 10.2. The molecule has 0 saturated heterocycles. The molecule has 5 nitrogen and oxygen atoms in total. The van der Waals surface area contributed by atoms with E-state index in [-0.39, 0.29) is 21.2 Å². The Bertz CT molecular complexity index is 744. The van der Waals surface area contributed by atoms with E-state index in [9.17, 15) is 18.5 Å². The lowest BCUT2D eigenvalue weighted by Crippen LogP contribution is -2.07. The van der Waals surface area contributed by atoms with Crippen molar-refractivity contribution in [3.63, 3.8) is 0 Å². The number of nitro groups is 1. The third-order valence-electron chi connectivity index (χ3n) is 2.73. The molecule has 0 unspecified atom stereocenters. The average Bonchev–Trinajstić information content (AvgIpc) is 2.41. The van der Waals surface area contributed by atoms with Crippen LogP contribution in [-0.2, 0) is 15.6 Å². The Morgan fingerprint density at radius 2 is 1.70 bits per heavy atom. The molecule has 2 aromatic carbocycles. The van der Waals surface area contributed by atoms with Crippen molar-refractivity contribution in [2.75, 3.05) is 0 Å². The van der Waals surface area contributed by atoms with Gasteiger partial charge in [0.15, 0.2) is 9.84 Å².